The average molecular weight is 334 g/mol. The third-order valence-electron chi connectivity index (χ3n) is 5.00. The lowest BCUT2D eigenvalue weighted by Gasteiger charge is -2.28. The first-order valence-electron chi connectivity index (χ1n) is 8.19. The van der Waals surface area contributed by atoms with Crippen LogP contribution in [0.5, 0.6) is 0 Å². The zero-order valence-corrected chi connectivity index (χ0v) is 13.2. The van der Waals surface area contributed by atoms with Crippen molar-refractivity contribution in [3.8, 4) is 0 Å². The monoisotopic (exact) mass is 334 g/mol. The van der Waals surface area contributed by atoms with Crippen LogP contribution < -0.4 is 5.73 Å². The maximum Gasteiger partial charge on any atom is 0.129 e. The Morgan fingerprint density at radius 2 is 2.17 bits per heavy atom. The molecule has 2 aromatic rings. The quantitative estimate of drug-likeness (QED) is 0.884. The number of aromatic amines is 1. The number of rotatable bonds is 2. The van der Waals surface area contributed by atoms with E-state index in [4.69, 9.17) is 10.5 Å². The highest BCUT2D eigenvalue weighted by Crippen LogP contribution is 2.33. The van der Waals surface area contributed by atoms with Crippen LogP contribution in [0.2, 0.25) is 0 Å². The zero-order chi connectivity index (χ0) is 16.7. The number of hydrogen-bond donors (Lipinski definition) is 2. The maximum absolute atomic E-state index is 14.1. The number of fused-ring (bicyclic) bond motifs is 1. The number of aromatic nitrogens is 2. The molecule has 3 atom stereocenters. The van der Waals surface area contributed by atoms with Gasteiger partial charge in [0.1, 0.15) is 17.7 Å². The molecule has 0 radical (unpaired) electrons. The van der Waals surface area contributed by atoms with Gasteiger partial charge in [-0.05, 0) is 31.0 Å². The summed E-state index contributed by atoms with van der Waals surface area (Å²) in [6.45, 7) is 2.12. The lowest BCUT2D eigenvalue weighted by atomic mass is 9.96. The van der Waals surface area contributed by atoms with Crippen molar-refractivity contribution in [1.82, 2.24) is 15.1 Å². The summed E-state index contributed by atoms with van der Waals surface area (Å²) >= 11 is 0. The molecule has 128 valence electrons. The molecule has 1 aromatic heterocycles. The molecule has 7 heteroatoms. The number of ether oxygens (including phenoxy) is 1. The Morgan fingerprint density at radius 3 is 3.00 bits per heavy atom. The standard InChI is InChI=1S/C17H20F2N4O/c18-11-1-2-14(19)13(5-11)17-15(20)6-12(3-4-24-17)23-8-10-7-21-22-16(10)9-23/h1-2,5,7,12,15,17H,3-4,6,8-9,20H2,(H,21,22)/t12?,15-,17+/m0/s1. The molecule has 0 bridgehead atoms. The van der Waals surface area contributed by atoms with Gasteiger partial charge in [0.25, 0.3) is 0 Å². The van der Waals surface area contributed by atoms with Gasteiger partial charge in [-0.15, -0.1) is 0 Å². The van der Waals surface area contributed by atoms with E-state index in [2.05, 4.69) is 15.1 Å². The molecule has 1 unspecified atom stereocenters. The van der Waals surface area contributed by atoms with Crippen LogP contribution in [0.3, 0.4) is 0 Å². The van der Waals surface area contributed by atoms with Crippen molar-refractivity contribution in [3.63, 3.8) is 0 Å². The van der Waals surface area contributed by atoms with Gasteiger partial charge in [0.05, 0.1) is 11.9 Å². The van der Waals surface area contributed by atoms with Crippen molar-refractivity contribution < 1.29 is 13.5 Å². The third-order valence-corrected chi connectivity index (χ3v) is 5.00. The molecule has 24 heavy (non-hydrogen) atoms. The fraction of sp³-hybridized carbons (Fsp3) is 0.471. The SMILES string of the molecule is N[C@H]1CC(N2Cc3cn[nH]c3C2)CCO[C@@H]1c1cc(F)ccc1F. The van der Waals surface area contributed by atoms with Crippen molar-refractivity contribution in [3.05, 3.63) is 52.9 Å². The fourth-order valence-electron chi connectivity index (χ4n) is 3.74. The highest BCUT2D eigenvalue weighted by atomic mass is 19.1. The maximum atomic E-state index is 14.1. The highest BCUT2D eigenvalue weighted by molar-refractivity contribution is 5.24. The van der Waals surface area contributed by atoms with Gasteiger partial charge in [-0.25, -0.2) is 8.78 Å². The molecule has 0 amide bonds. The van der Waals surface area contributed by atoms with Crippen LogP contribution in [-0.4, -0.2) is 33.8 Å². The Bertz CT molecular complexity index is 715. The summed E-state index contributed by atoms with van der Waals surface area (Å²) in [5.41, 5.74) is 8.86. The van der Waals surface area contributed by atoms with Crippen LogP contribution in [0.15, 0.2) is 24.4 Å². The number of hydrogen-bond acceptors (Lipinski definition) is 4. The van der Waals surface area contributed by atoms with E-state index in [0.717, 1.165) is 37.3 Å². The number of H-pyrrole nitrogens is 1. The van der Waals surface area contributed by atoms with Crippen molar-refractivity contribution in [2.75, 3.05) is 6.61 Å². The summed E-state index contributed by atoms with van der Waals surface area (Å²) in [5, 5.41) is 7.06. The second-order valence-electron chi connectivity index (χ2n) is 6.58. The Balaban J connectivity index is 1.50. The molecule has 4 rings (SSSR count). The van der Waals surface area contributed by atoms with Gasteiger partial charge in [-0.2, -0.15) is 5.10 Å². The van der Waals surface area contributed by atoms with E-state index in [-0.39, 0.29) is 17.6 Å². The minimum atomic E-state index is -0.618. The topological polar surface area (TPSA) is 67.2 Å². The van der Waals surface area contributed by atoms with E-state index in [1.54, 1.807) is 0 Å². The summed E-state index contributed by atoms with van der Waals surface area (Å²) < 4.78 is 33.4. The largest absolute Gasteiger partial charge is 0.372 e. The number of nitrogens with one attached hydrogen (secondary N) is 1. The van der Waals surface area contributed by atoms with Crippen molar-refractivity contribution in [1.29, 1.82) is 0 Å². The minimum absolute atomic E-state index is 0.207. The molecule has 0 saturated carbocycles. The molecule has 5 nitrogen and oxygen atoms in total. The summed E-state index contributed by atoms with van der Waals surface area (Å²) in [6, 6.07) is 3.29. The molecular formula is C17H20F2N4O. The van der Waals surface area contributed by atoms with Gasteiger partial charge in [-0.1, -0.05) is 0 Å². The molecule has 3 N–H and O–H groups in total. The molecule has 1 aromatic carbocycles. The summed E-state index contributed by atoms with van der Waals surface area (Å²) in [6.07, 6.45) is 2.73. The Hall–Kier alpha value is -1.83. The molecule has 2 aliphatic rings. The zero-order valence-electron chi connectivity index (χ0n) is 13.2. The second kappa shape index (κ2) is 6.23. The minimum Gasteiger partial charge on any atom is -0.372 e. The average Bonchev–Trinajstić information content (AvgIpc) is 3.09. The summed E-state index contributed by atoms with van der Waals surface area (Å²) in [7, 11) is 0. The third kappa shape index (κ3) is 2.83. The first kappa shape index (κ1) is 15.7. The highest BCUT2D eigenvalue weighted by Gasteiger charge is 2.34. The smallest absolute Gasteiger partial charge is 0.129 e. The Kier molecular flexibility index (Phi) is 4.07. The lowest BCUT2D eigenvalue weighted by molar-refractivity contribution is 0.0430. The van der Waals surface area contributed by atoms with Gasteiger partial charge in [0.2, 0.25) is 0 Å². The molecule has 1 saturated heterocycles. The molecule has 1 fully saturated rings. The number of benzene rings is 1. The fourth-order valence-corrected chi connectivity index (χ4v) is 3.74. The summed E-state index contributed by atoms with van der Waals surface area (Å²) in [5.74, 6) is -0.953. The molecule has 0 aliphatic carbocycles. The summed E-state index contributed by atoms with van der Waals surface area (Å²) in [4.78, 5) is 2.34. The molecule has 0 spiro atoms. The van der Waals surface area contributed by atoms with E-state index in [1.165, 1.54) is 11.6 Å². The van der Waals surface area contributed by atoms with Crippen LogP contribution in [0, 0.1) is 11.6 Å². The predicted octanol–water partition coefficient (Wildman–Crippen LogP) is 2.25. The molecule has 3 heterocycles. The van der Waals surface area contributed by atoms with Gasteiger partial charge in [0, 0.05) is 42.9 Å². The number of halogens is 2. The van der Waals surface area contributed by atoms with E-state index in [0.29, 0.717) is 13.0 Å². The van der Waals surface area contributed by atoms with Crippen LogP contribution in [-0.2, 0) is 17.8 Å². The molecule has 2 aliphatic heterocycles. The predicted molar refractivity (Wildman–Crippen MR) is 83.9 cm³/mol. The normalized spacial score (nSPS) is 27.9. The van der Waals surface area contributed by atoms with Gasteiger partial charge < -0.3 is 10.5 Å². The van der Waals surface area contributed by atoms with E-state index >= 15 is 0 Å². The molecular weight excluding hydrogens is 314 g/mol. The van der Waals surface area contributed by atoms with Crippen LogP contribution in [0.4, 0.5) is 8.78 Å². The lowest BCUT2D eigenvalue weighted by Crippen LogP contribution is -2.38. The first-order valence-corrected chi connectivity index (χ1v) is 8.19. The second-order valence-corrected chi connectivity index (χ2v) is 6.58. The van der Waals surface area contributed by atoms with Crippen molar-refractivity contribution >= 4 is 0 Å². The van der Waals surface area contributed by atoms with Crippen LogP contribution in [0.1, 0.15) is 35.8 Å². The van der Waals surface area contributed by atoms with Crippen molar-refractivity contribution in [2.45, 2.75) is 44.1 Å². The van der Waals surface area contributed by atoms with E-state index < -0.39 is 17.7 Å². The van der Waals surface area contributed by atoms with Crippen LogP contribution >= 0.6 is 0 Å². The van der Waals surface area contributed by atoms with E-state index in [9.17, 15) is 8.78 Å². The Morgan fingerprint density at radius 1 is 1.29 bits per heavy atom. The van der Waals surface area contributed by atoms with Crippen LogP contribution in [0.25, 0.3) is 0 Å². The van der Waals surface area contributed by atoms with E-state index in [1.807, 2.05) is 6.20 Å². The first-order chi connectivity index (χ1) is 11.6. The number of nitrogens with two attached hydrogens (primary N) is 1. The Labute approximate surface area is 138 Å². The number of nitrogens with zero attached hydrogens (tertiary/aromatic N) is 2. The van der Waals surface area contributed by atoms with Gasteiger partial charge >= 0.3 is 0 Å². The van der Waals surface area contributed by atoms with Gasteiger partial charge in [-0.3, -0.25) is 10.00 Å². The van der Waals surface area contributed by atoms with Gasteiger partial charge in [0.15, 0.2) is 0 Å². The van der Waals surface area contributed by atoms with Crippen molar-refractivity contribution in [2.24, 2.45) is 5.73 Å².